The number of amides is 1. The monoisotopic (exact) mass is 420 g/mol. The maximum absolute atomic E-state index is 13.1. The zero-order valence-corrected chi connectivity index (χ0v) is 17.0. The van der Waals surface area contributed by atoms with Gasteiger partial charge < -0.3 is 24.3 Å². The zero-order chi connectivity index (χ0) is 21.4. The third kappa shape index (κ3) is 3.74. The molecule has 2 atom stereocenters. The minimum Gasteiger partial charge on any atom is -0.462 e. The van der Waals surface area contributed by atoms with Crippen LogP contribution in [0.2, 0.25) is 0 Å². The van der Waals surface area contributed by atoms with Gasteiger partial charge in [-0.2, -0.15) is 0 Å². The van der Waals surface area contributed by atoms with Crippen LogP contribution in [0.3, 0.4) is 0 Å². The van der Waals surface area contributed by atoms with Gasteiger partial charge in [0.25, 0.3) is 11.5 Å². The quantitative estimate of drug-likeness (QED) is 0.656. The minimum atomic E-state index is -0.148. The number of furan rings is 1. The van der Waals surface area contributed by atoms with Gasteiger partial charge >= 0.3 is 0 Å². The second-order valence-electron chi connectivity index (χ2n) is 8.22. The van der Waals surface area contributed by atoms with Crippen LogP contribution in [-0.2, 0) is 19.7 Å². The second-order valence-corrected chi connectivity index (χ2v) is 8.22. The Balaban J connectivity index is 1.34. The van der Waals surface area contributed by atoms with Crippen LogP contribution in [0.4, 0.5) is 5.69 Å². The van der Waals surface area contributed by atoms with E-state index in [-0.39, 0.29) is 29.9 Å². The van der Waals surface area contributed by atoms with E-state index in [0.29, 0.717) is 49.0 Å². The zero-order valence-electron chi connectivity index (χ0n) is 17.0. The molecule has 0 saturated carbocycles. The molecule has 8 heteroatoms. The molecular weight excluding hydrogens is 396 g/mol. The van der Waals surface area contributed by atoms with Crippen molar-refractivity contribution in [1.29, 1.82) is 0 Å². The van der Waals surface area contributed by atoms with Crippen molar-refractivity contribution in [3.8, 4) is 0 Å². The van der Waals surface area contributed by atoms with Crippen molar-refractivity contribution in [3.63, 3.8) is 0 Å². The molecule has 0 aliphatic carbocycles. The minimum absolute atomic E-state index is 0.00224. The highest BCUT2D eigenvalue weighted by Gasteiger charge is 2.36. The lowest BCUT2D eigenvalue weighted by Crippen LogP contribution is -2.49. The van der Waals surface area contributed by atoms with Crippen LogP contribution in [0.25, 0.3) is 0 Å². The number of carbonyl (C=O) groups excluding carboxylic acids is 1. The number of nitrogens with one attached hydrogen (secondary N) is 1. The molecule has 5 rings (SSSR count). The maximum Gasteiger partial charge on any atom is 0.274 e. The van der Waals surface area contributed by atoms with Crippen molar-refractivity contribution in [3.05, 3.63) is 81.9 Å². The van der Waals surface area contributed by atoms with Crippen molar-refractivity contribution in [1.82, 2.24) is 14.5 Å². The van der Waals surface area contributed by atoms with Gasteiger partial charge in [0.1, 0.15) is 23.8 Å². The summed E-state index contributed by atoms with van der Waals surface area (Å²) in [4.78, 5) is 31.9. The van der Waals surface area contributed by atoms with Gasteiger partial charge in [0, 0.05) is 43.6 Å². The van der Waals surface area contributed by atoms with Crippen LogP contribution in [-0.4, -0.2) is 38.6 Å². The number of anilines is 1. The number of carbonyl (C=O) groups is 1. The molecule has 1 saturated heterocycles. The Hall–Kier alpha value is -3.39. The Kier molecular flexibility index (Phi) is 5.07. The molecule has 0 radical (unpaired) electrons. The molecular formula is C23H24N4O4. The third-order valence-corrected chi connectivity index (χ3v) is 6.13. The molecule has 2 aliphatic heterocycles. The van der Waals surface area contributed by atoms with Gasteiger partial charge in [-0.15, -0.1) is 0 Å². The summed E-state index contributed by atoms with van der Waals surface area (Å²) < 4.78 is 7.33. The van der Waals surface area contributed by atoms with E-state index >= 15 is 0 Å². The number of fused-ring (bicyclic) bond motifs is 4. The lowest BCUT2D eigenvalue weighted by Gasteiger charge is -2.42. The molecule has 0 spiro atoms. The first kappa shape index (κ1) is 19.6. The Morgan fingerprint density at radius 2 is 2.03 bits per heavy atom. The van der Waals surface area contributed by atoms with Crippen LogP contribution >= 0.6 is 0 Å². The molecule has 2 N–H and O–H groups in total. The smallest absolute Gasteiger partial charge is 0.274 e. The highest BCUT2D eigenvalue weighted by molar-refractivity contribution is 5.94. The number of hydrogen-bond acceptors (Lipinski definition) is 6. The van der Waals surface area contributed by atoms with E-state index in [2.05, 4.69) is 10.3 Å². The maximum atomic E-state index is 13.1. The predicted octanol–water partition coefficient (Wildman–Crippen LogP) is 2.20. The van der Waals surface area contributed by atoms with Gasteiger partial charge in [0.2, 0.25) is 0 Å². The SMILES string of the molecule is O=C(c1cccnc1)N1C[C@H]2C[C@H](C1)c1ccc(NCc3ccc(CO)o3)c(=O)n1C2. The standard InChI is InChI=1S/C23H24N4O4/c28-14-19-4-3-18(31-19)10-25-20-5-6-21-17-8-15(12-27(21)23(20)30)11-26(13-17)22(29)16-2-1-7-24-9-16/h1-7,9,15,17,25,28H,8,10-14H2/t15-,17-/m1/s1. The Morgan fingerprint density at radius 1 is 1.16 bits per heavy atom. The topological polar surface area (TPSA) is 101 Å². The summed E-state index contributed by atoms with van der Waals surface area (Å²) in [5, 5.41) is 12.3. The first-order valence-corrected chi connectivity index (χ1v) is 10.5. The van der Waals surface area contributed by atoms with Gasteiger partial charge in [0.15, 0.2) is 0 Å². The number of nitrogens with zero attached hydrogens (tertiary/aromatic N) is 3. The van der Waals surface area contributed by atoms with E-state index < -0.39 is 0 Å². The number of piperidine rings is 1. The van der Waals surface area contributed by atoms with Crippen LogP contribution in [0.1, 0.15) is 39.9 Å². The lowest BCUT2D eigenvalue weighted by atomic mass is 9.83. The Morgan fingerprint density at radius 3 is 2.81 bits per heavy atom. The largest absolute Gasteiger partial charge is 0.462 e. The lowest BCUT2D eigenvalue weighted by molar-refractivity contribution is 0.0594. The highest BCUT2D eigenvalue weighted by atomic mass is 16.4. The molecule has 1 fully saturated rings. The van der Waals surface area contributed by atoms with Gasteiger partial charge in [-0.3, -0.25) is 14.6 Å². The summed E-state index contributed by atoms with van der Waals surface area (Å²) in [6.07, 6.45) is 4.25. The summed E-state index contributed by atoms with van der Waals surface area (Å²) in [7, 11) is 0. The van der Waals surface area contributed by atoms with Crippen molar-refractivity contribution in [2.45, 2.75) is 32.0 Å². The van der Waals surface area contributed by atoms with E-state index in [1.54, 1.807) is 36.7 Å². The summed E-state index contributed by atoms with van der Waals surface area (Å²) in [6, 6.07) is 10.9. The molecule has 160 valence electrons. The number of rotatable bonds is 5. The van der Waals surface area contributed by atoms with Crippen LogP contribution in [0.15, 0.2) is 58.0 Å². The average molecular weight is 420 g/mol. The summed E-state index contributed by atoms with van der Waals surface area (Å²) in [5.41, 5.74) is 2.06. The van der Waals surface area contributed by atoms with Crippen LogP contribution < -0.4 is 10.9 Å². The van der Waals surface area contributed by atoms with E-state index in [4.69, 9.17) is 9.52 Å². The van der Waals surface area contributed by atoms with Crippen molar-refractivity contribution in [2.75, 3.05) is 18.4 Å². The van der Waals surface area contributed by atoms with Gasteiger partial charge in [0.05, 0.1) is 12.1 Å². The number of aromatic nitrogens is 2. The van der Waals surface area contributed by atoms with Crippen molar-refractivity contribution in [2.24, 2.45) is 5.92 Å². The highest BCUT2D eigenvalue weighted by Crippen LogP contribution is 2.36. The molecule has 0 aromatic carbocycles. The van der Waals surface area contributed by atoms with Gasteiger partial charge in [-0.25, -0.2) is 0 Å². The molecule has 5 heterocycles. The second kappa shape index (κ2) is 8.03. The number of aliphatic hydroxyl groups is 1. The fraction of sp³-hybridized carbons (Fsp3) is 0.348. The first-order valence-electron chi connectivity index (χ1n) is 10.5. The molecule has 2 aliphatic rings. The molecule has 3 aromatic heterocycles. The third-order valence-electron chi connectivity index (χ3n) is 6.13. The average Bonchev–Trinajstić information content (AvgIpc) is 3.27. The molecule has 31 heavy (non-hydrogen) atoms. The molecule has 2 bridgehead atoms. The fourth-order valence-corrected chi connectivity index (χ4v) is 4.70. The van der Waals surface area contributed by atoms with Gasteiger partial charge in [-0.05, 0) is 48.7 Å². The molecule has 3 aromatic rings. The summed E-state index contributed by atoms with van der Waals surface area (Å²) in [5.74, 6) is 1.55. The molecule has 0 unspecified atom stereocenters. The molecule has 1 amide bonds. The first-order chi connectivity index (χ1) is 15.1. The fourth-order valence-electron chi connectivity index (χ4n) is 4.70. The summed E-state index contributed by atoms with van der Waals surface area (Å²) in [6.45, 7) is 2.07. The van der Waals surface area contributed by atoms with E-state index in [1.165, 1.54) is 0 Å². The Labute approximate surface area is 179 Å². The van der Waals surface area contributed by atoms with Crippen LogP contribution in [0.5, 0.6) is 0 Å². The normalized spacial score (nSPS) is 19.7. The van der Waals surface area contributed by atoms with E-state index in [1.807, 2.05) is 21.6 Å². The van der Waals surface area contributed by atoms with Crippen molar-refractivity contribution >= 4 is 11.6 Å². The van der Waals surface area contributed by atoms with E-state index in [0.717, 1.165) is 12.1 Å². The van der Waals surface area contributed by atoms with Crippen LogP contribution in [0, 0.1) is 5.92 Å². The van der Waals surface area contributed by atoms with Gasteiger partial charge in [-0.1, -0.05) is 0 Å². The number of likely N-dealkylation sites (tertiary alicyclic amines) is 1. The molecule has 8 nitrogen and oxygen atoms in total. The predicted molar refractivity (Wildman–Crippen MR) is 114 cm³/mol. The van der Waals surface area contributed by atoms with E-state index in [9.17, 15) is 9.59 Å². The summed E-state index contributed by atoms with van der Waals surface area (Å²) >= 11 is 0. The number of hydrogen-bond donors (Lipinski definition) is 2. The Bertz CT molecular complexity index is 1150. The van der Waals surface area contributed by atoms with Crippen molar-refractivity contribution < 1.29 is 14.3 Å². The number of pyridine rings is 2. The number of aliphatic hydroxyl groups excluding tert-OH is 1.